The van der Waals surface area contributed by atoms with E-state index in [0.717, 1.165) is 27.9 Å². The van der Waals surface area contributed by atoms with Crippen LogP contribution < -0.4 is 4.74 Å². The van der Waals surface area contributed by atoms with Gasteiger partial charge in [-0.1, -0.05) is 30.3 Å². The zero-order valence-electron chi connectivity index (χ0n) is 14.5. The summed E-state index contributed by atoms with van der Waals surface area (Å²) in [4.78, 5) is 8.44. The van der Waals surface area contributed by atoms with Crippen molar-refractivity contribution in [2.45, 2.75) is 13.2 Å². The van der Waals surface area contributed by atoms with E-state index in [1.165, 1.54) is 6.33 Å². The predicted octanol–water partition coefficient (Wildman–Crippen LogP) is 4.48. The second-order valence-corrected chi connectivity index (χ2v) is 6.08. The van der Waals surface area contributed by atoms with Crippen LogP contribution >= 0.6 is 0 Å². The van der Waals surface area contributed by atoms with Crippen LogP contribution in [0.4, 0.5) is 0 Å². The standard InChI is InChI=1S/C21H19N3O2/c1-24-10-9-17-11-19(7-8-20(17)24)26-21-12-18(22-15-23-21)14-25-13-16-5-3-2-4-6-16/h2-12,15H,13-14H2,1H3. The summed E-state index contributed by atoms with van der Waals surface area (Å²) in [5, 5.41) is 1.13. The number of aryl methyl sites for hydroxylation is 1. The van der Waals surface area contributed by atoms with Crippen LogP contribution in [0.1, 0.15) is 11.3 Å². The summed E-state index contributed by atoms with van der Waals surface area (Å²) in [5.74, 6) is 1.26. The molecule has 0 amide bonds. The first-order valence-electron chi connectivity index (χ1n) is 8.43. The Balaban J connectivity index is 1.41. The lowest BCUT2D eigenvalue weighted by Crippen LogP contribution is -1.98. The summed E-state index contributed by atoms with van der Waals surface area (Å²) in [6.45, 7) is 0.956. The Labute approximate surface area is 151 Å². The Kier molecular flexibility index (Phi) is 4.62. The lowest BCUT2D eigenvalue weighted by molar-refractivity contribution is 0.104. The Bertz CT molecular complexity index is 1010. The van der Waals surface area contributed by atoms with Gasteiger partial charge in [-0.15, -0.1) is 0 Å². The van der Waals surface area contributed by atoms with Gasteiger partial charge in [-0.05, 0) is 29.8 Å². The molecular weight excluding hydrogens is 326 g/mol. The summed E-state index contributed by atoms with van der Waals surface area (Å²) < 4.78 is 13.7. The second kappa shape index (κ2) is 7.37. The van der Waals surface area contributed by atoms with E-state index in [-0.39, 0.29) is 0 Å². The molecule has 5 nitrogen and oxygen atoms in total. The first-order valence-corrected chi connectivity index (χ1v) is 8.43. The molecule has 26 heavy (non-hydrogen) atoms. The fourth-order valence-corrected chi connectivity index (χ4v) is 2.80. The van der Waals surface area contributed by atoms with E-state index in [1.807, 2.05) is 61.8 Å². The minimum Gasteiger partial charge on any atom is -0.439 e. The highest BCUT2D eigenvalue weighted by Crippen LogP contribution is 2.25. The van der Waals surface area contributed by atoms with Crippen LogP contribution in [0.15, 0.2) is 73.2 Å². The van der Waals surface area contributed by atoms with Crippen LogP contribution in [0, 0.1) is 0 Å². The maximum absolute atomic E-state index is 5.89. The van der Waals surface area contributed by atoms with Gasteiger partial charge in [0.25, 0.3) is 0 Å². The van der Waals surface area contributed by atoms with Gasteiger partial charge < -0.3 is 14.0 Å². The number of fused-ring (bicyclic) bond motifs is 1. The fourth-order valence-electron chi connectivity index (χ4n) is 2.80. The first kappa shape index (κ1) is 16.3. The predicted molar refractivity (Wildman–Crippen MR) is 100.0 cm³/mol. The number of ether oxygens (including phenoxy) is 2. The SMILES string of the molecule is Cn1ccc2cc(Oc3cc(COCc4ccccc4)ncn3)ccc21. The number of nitrogens with zero attached hydrogens (tertiary/aromatic N) is 3. The van der Waals surface area contributed by atoms with Gasteiger partial charge in [0, 0.05) is 30.2 Å². The Morgan fingerprint density at radius 1 is 0.923 bits per heavy atom. The third-order valence-corrected chi connectivity index (χ3v) is 4.14. The molecular formula is C21H19N3O2. The van der Waals surface area contributed by atoms with Gasteiger partial charge in [0.2, 0.25) is 5.88 Å². The lowest BCUT2D eigenvalue weighted by atomic mass is 10.2. The molecule has 0 fully saturated rings. The van der Waals surface area contributed by atoms with Crippen LogP contribution in [0.5, 0.6) is 11.6 Å². The normalized spacial score (nSPS) is 11.0. The highest BCUT2D eigenvalue weighted by Gasteiger charge is 2.05. The van der Waals surface area contributed by atoms with E-state index in [4.69, 9.17) is 9.47 Å². The minimum absolute atomic E-state index is 0.408. The number of hydrogen-bond acceptors (Lipinski definition) is 4. The van der Waals surface area contributed by atoms with Crippen molar-refractivity contribution in [3.63, 3.8) is 0 Å². The van der Waals surface area contributed by atoms with E-state index in [9.17, 15) is 0 Å². The number of rotatable bonds is 6. The highest BCUT2D eigenvalue weighted by molar-refractivity contribution is 5.81. The molecule has 0 saturated heterocycles. The molecule has 2 aromatic carbocycles. The number of hydrogen-bond donors (Lipinski definition) is 0. The summed E-state index contributed by atoms with van der Waals surface area (Å²) in [7, 11) is 2.02. The molecule has 4 aromatic rings. The van der Waals surface area contributed by atoms with Crippen molar-refractivity contribution in [1.29, 1.82) is 0 Å². The topological polar surface area (TPSA) is 49.2 Å². The molecule has 130 valence electrons. The monoisotopic (exact) mass is 345 g/mol. The molecule has 0 aliphatic heterocycles. The molecule has 0 aliphatic rings. The van der Waals surface area contributed by atoms with E-state index < -0.39 is 0 Å². The minimum atomic E-state index is 0.408. The maximum Gasteiger partial charge on any atom is 0.222 e. The van der Waals surface area contributed by atoms with Crippen molar-refractivity contribution in [3.8, 4) is 11.6 Å². The molecule has 0 unspecified atom stereocenters. The summed E-state index contributed by atoms with van der Waals surface area (Å²) in [6.07, 6.45) is 3.53. The average molecular weight is 345 g/mol. The van der Waals surface area contributed by atoms with Gasteiger partial charge in [-0.25, -0.2) is 9.97 Å². The van der Waals surface area contributed by atoms with E-state index >= 15 is 0 Å². The average Bonchev–Trinajstić information content (AvgIpc) is 3.03. The van der Waals surface area contributed by atoms with Crippen molar-refractivity contribution < 1.29 is 9.47 Å². The highest BCUT2D eigenvalue weighted by atomic mass is 16.5. The summed E-state index contributed by atoms with van der Waals surface area (Å²) in [5.41, 5.74) is 3.08. The van der Waals surface area contributed by atoms with Crippen molar-refractivity contribution in [2.24, 2.45) is 7.05 Å². The smallest absolute Gasteiger partial charge is 0.222 e. The third kappa shape index (κ3) is 3.73. The van der Waals surface area contributed by atoms with Gasteiger partial charge in [0.15, 0.2) is 0 Å². The molecule has 0 radical (unpaired) electrons. The Morgan fingerprint density at radius 2 is 1.81 bits per heavy atom. The van der Waals surface area contributed by atoms with E-state index in [0.29, 0.717) is 19.1 Å². The maximum atomic E-state index is 5.89. The molecule has 0 bridgehead atoms. The zero-order valence-corrected chi connectivity index (χ0v) is 14.5. The lowest BCUT2D eigenvalue weighted by Gasteiger charge is -2.07. The molecule has 0 aliphatic carbocycles. The zero-order chi connectivity index (χ0) is 17.8. The largest absolute Gasteiger partial charge is 0.439 e. The van der Waals surface area contributed by atoms with E-state index in [2.05, 4.69) is 20.6 Å². The van der Waals surface area contributed by atoms with Gasteiger partial charge in [-0.2, -0.15) is 0 Å². The fraction of sp³-hybridized carbons (Fsp3) is 0.143. The van der Waals surface area contributed by atoms with Crippen molar-refractivity contribution in [2.75, 3.05) is 0 Å². The molecule has 0 spiro atoms. The second-order valence-electron chi connectivity index (χ2n) is 6.08. The van der Waals surface area contributed by atoms with Gasteiger partial charge in [-0.3, -0.25) is 0 Å². The van der Waals surface area contributed by atoms with Gasteiger partial charge >= 0.3 is 0 Å². The number of aromatic nitrogens is 3. The van der Waals surface area contributed by atoms with Crippen LogP contribution in [0.3, 0.4) is 0 Å². The molecule has 4 rings (SSSR count). The Hall–Kier alpha value is -3.18. The van der Waals surface area contributed by atoms with Crippen LogP contribution in [0.25, 0.3) is 10.9 Å². The van der Waals surface area contributed by atoms with Crippen molar-refractivity contribution >= 4 is 10.9 Å². The summed E-state index contributed by atoms with van der Waals surface area (Å²) in [6, 6.07) is 19.9. The quantitative estimate of drug-likeness (QED) is 0.517. The summed E-state index contributed by atoms with van der Waals surface area (Å²) >= 11 is 0. The third-order valence-electron chi connectivity index (χ3n) is 4.14. The van der Waals surface area contributed by atoms with Gasteiger partial charge in [0.05, 0.1) is 18.9 Å². The molecule has 0 N–H and O–H groups in total. The van der Waals surface area contributed by atoms with Crippen molar-refractivity contribution in [1.82, 2.24) is 14.5 Å². The van der Waals surface area contributed by atoms with Crippen LogP contribution in [-0.2, 0) is 25.0 Å². The Morgan fingerprint density at radius 3 is 2.69 bits per heavy atom. The van der Waals surface area contributed by atoms with E-state index in [1.54, 1.807) is 6.07 Å². The molecule has 0 atom stereocenters. The first-order chi connectivity index (χ1) is 12.8. The van der Waals surface area contributed by atoms with Crippen molar-refractivity contribution in [3.05, 3.63) is 84.4 Å². The molecule has 5 heteroatoms. The molecule has 2 aromatic heterocycles. The van der Waals surface area contributed by atoms with Crippen LogP contribution in [-0.4, -0.2) is 14.5 Å². The number of benzene rings is 2. The molecule has 2 heterocycles. The van der Waals surface area contributed by atoms with Crippen LogP contribution in [0.2, 0.25) is 0 Å². The van der Waals surface area contributed by atoms with Gasteiger partial charge in [0.1, 0.15) is 12.1 Å². The molecule has 0 saturated carbocycles.